The largest absolute Gasteiger partial charge is 0.410 e. The maximum absolute atomic E-state index is 9.46. The van der Waals surface area contributed by atoms with Crippen molar-refractivity contribution in [1.29, 1.82) is 0 Å². The van der Waals surface area contributed by atoms with Crippen molar-refractivity contribution in [3.05, 3.63) is 83.4 Å². The second-order valence-electron chi connectivity index (χ2n) is 4.83. The van der Waals surface area contributed by atoms with Gasteiger partial charge in [-0.2, -0.15) is 0 Å². The van der Waals surface area contributed by atoms with Gasteiger partial charge in [0.15, 0.2) is 0 Å². The lowest BCUT2D eigenvalue weighted by Gasteiger charge is -2.09. The van der Waals surface area contributed by atoms with E-state index in [-0.39, 0.29) is 6.61 Å². The molecule has 0 bridgehead atoms. The van der Waals surface area contributed by atoms with E-state index in [1.54, 1.807) is 0 Å². The van der Waals surface area contributed by atoms with Crippen LogP contribution in [0.2, 0.25) is 0 Å². The molecule has 0 aliphatic carbocycles. The lowest BCUT2D eigenvalue weighted by atomic mass is 9.96. The van der Waals surface area contributed by atoms with E-state index in [1.807, 2.05) is 66.7 Å². The maximum Gasteiger partial charge on any atom is 0.117 e. The number of benzene rings is 3. The summed E-state index contributed by atoms with van der Waals surface area (Å²) in [6.45, 7) is 0.000148. The molecule has 0 saturated carbocycles. The highest BCUT2D eigenvalue weighted by molar-refractivity contribution is 6.19. The number of aliphatic hydroxyl groups is 1. The SMILES string of the molecule is OCc1ccc(/C(=N/O)c2cccc3ccccc23)cc1. The van der Waals surface area contributed by atoms with E-state index in [0.717, 1.165) is 27.5 Å². The minimum absolute atomic E-state index is 0.000148. The molecule has 0 saturated heterocycles. The number of nitrogens with zero attached hydrogens (tertiary/aromatic N) is 1. The summed E-state index contributed by atoms with van der Waals surface area (Å²) in [7, 11) is 0. The average molecular weight is 277 g/mol. The molecule has 0 radical (unpaired) electrons. The van der Waals surface area contributed by atoms with Crippen LogP contribution in [-0.4, -0.2) is 16.0 Å². The number of hydrogen-bond donors (Lipinski definition) is 2. The molecule has 0 unspecified atom stereocenters. The molecule has 0 fully saturated rings. The quantitative estimate of drug-likeness (QED) is 0.437. The van der Waals surface area contributed by atoms with Crippen molar-refractivity contribution >= 4 is 16.5 Å². The Morgan fingerprint density at radius 1 is 0.857 bits per heavy atom. The van der Waals surface area contributed by atoms with Gasteiger partial charge in [-0.05, 0) is 16.3 Å². The molecule has 0 aliphatic rings. The third-order valence-corrected chi connectivity index (χ3v) is 3.55. The first kappa shape index (κ1) is 13.3. The molecule has 3 nitrogen and oxygen atoms in total. The number of fused-ring (bicyclic) bond motifs is 1. The van der Waals surface area contributed by atoms with Gasteiger partial charge in [0.05, 0.1) is 6.61 Å². The van der Waals surface area contributed by atoms with Crippen LogP contribution in [0, 0.1) is 0 Å². The molecule has 21 heavy (non-hydrogen) atoms. The first-order valence-electron chi connectivity index (χ1n) is 6.74. The topological polar surface area (TPSA) is 52.8 Å². The summed E-state index contributed by atoms with van der Waals surface area (Å²) in [6.07, 6.45) is 0. The van der Waals surface area contributed by atoms with E-state index in [9.17, 15) is 5.21 Å². The molecule has 0 amide bonds. The van der Waals surface area contributed by atoms with Crippen LogP contribution in [0.25, 0.3) is 10.8 Å². The Morgan fingerprint density at radius 3 is 2.29 bits per heavy atom. The van der Waals surface area contributed by atoms with E-state index in [2.05, 4.69) is 5.16 Å². The number of aliphatic hydroxyl groups excluding tert-OH is 1. The van der Waals surface area contributed by atoms with Crippen molar-refractivity contribution < 1.29 is 10.3 Å². The van der Waals surface area contributed by atoms with Gasteiger partial charge < -0.3 is 10.3 Å². The van der Waals surface area contributed by atoms with E-state index >= 15 is 0 Å². The molecule has 3 heteroatoms. The third kappa shape index (κ3) is 2.51. The summed E-state index contributed by atoms with van der Waals surface area (Å²) in [6, 6.07) is 21.3. The Hall–Kier alpha value is -2.65. The zero-order valence-corrected chi connectivity index (χ0v) is 11.4. The van der Waals surface area contributed by atoms with Crippen molar-refractivity contribution in [2.45, 2.75) is 6.61 Å². The van der Waals surface area contributed by atoms with Gasteiger partial charge in [-0.25, -0.2) is 0 Å². The molecular weight excluding hydrogens is 262 g/mol. The molecule has 0 spiro atoms. The van der Waals surface area contributed by atoms with Gasteiger partial charge in [0, 0.05) is 11.1 Å². The zero-order valence-electron chi connectivity index (χ0n) is 11.4. The van der Waals surface area contributed by atoms with Gasteiger partial charge in [0.1, 0.15) is 5.71 Å². The summed E-state index contributed by atoms with van der Waals surface area (Å²) >= 11 is 0. The number of hydrogen-bond acceptors (Lipinski definition) is 3. The zero-order chi connectivity index (χ0) is 14.7. The Labute approximate surface area is 122 Å². The van der Waals surface area contributed by atoms with Crippen molar-refractivity contribution in [3.8, 4) is 0 Å². The van der Waals surface area contributed by atoms with Gasteiger partial charge in [0.2, 0.25) is 0 Å². The highest BCUT2D eigenvalue weighted by atomic mass is 16.4. The summed E-state index contributed by atoms with van der Waals surface area (Å²) < 4.78 is 0. The molecule has 3 aromatic rings. The van der Waals surface area contributed by atoms with E-state index in [1.165, 1.54) is 0 Å². The lowest BCUT2D eigenvalue weighted by molar-refractivity contribution is 0.282. The number of oxime groups is 1. The van der Waals surface area contributed by atoms with Gasteiger partial charge in [-0.1, -0.05) is 71.9 Å². The van der Waals surface area contributed by atoms with Gasteiger partial charge in [-0.3, -0.25) is 0 Å². The average Bonchev–Trinajstić information content (AvgIpc) is 2.56. The number of rotatable bonds is 3. The van der Waals surface area contributed by atoms with Crippen LogP contribution in [0.5, 0.6) is 0 Å². The van der Waals surface area contributed by atoms with Gasteiger partial charge in [0.25, 0.3) is 0 Å². The summed E-state index contributed by atoms with van der Waals surface area (Å²) in [5.74, 6) is 0. The highest BCUT2D eigenvalue weighted by Gasteiger charge is 2.11. The monoisotopic (exact) mass is 277 g/mol. The Kier molecular flexibility index (Phi) is 3.67. The normalized spacial score (nSPS) is 11.8. The van der Waals surface area contributed by atoms with Crippen LogP contribution in [0.1, 0.15) is 16.7 Å². The Balaban J connectivity index is 2.14. The molecule has 3 rings (SSSR count). The minimum atomic E-state index is 0.000148. The summed E-state index contributed by atoms with van der Waals surface area (Å²) in [5, 5.41) is 24.2. The first-order chi connectivity index (χ1) is 10.3. The molecule has 0 atom stereocenters. The molecule has 0 heterocycles. The van der Waals surface area contributed by atoms with Gasteiger partial charge >= 0.3 is 0 Å². The third-order valence-electron chi connectivity index (χ3n) is 3.55. The lowest BCUT2D eigenvalue weighted by Crippen LogP contribution is -2.04. The molecule has 2 N–H and O–H groups in total. The van der Waals surface area contributed by atoms with Crippen molar-refractivity contribution in [3.63, 3.8) is 0 Å². The standard InChI is InChI=1S/C18H15NO2/c20-12-13-8-10-15(11-9-13)18(19-21)17-7-3-5-14-4-1-2-6-16(14)17/h1-11,20-21H,12H2/b19-18-. The van der Waals surface area contributed by atoms with E-state index in [4.69, 9.17) is 5.11 Å². The van der Waals surface area contributed by atoms with Crippen LogP contribution < -0.4 is 0 Å². The molecule has 104 valence electrons. The maximum atomic E-state index is 9.46. The second-order valence-corrected chi connectivity index (χ2v) is 4.83. The molecular formula is C18H15NO2. The van der Waals surface area contributed by atoms with E-state index < -0.39 is 0 Å². The van der Waals surface area contributed by atoms with Gasteiger partial charge in [-0.15, -0.1) is 0 Å². The van der Waals surface area contributed by atoms with Crippen LogP contribution in [0.4, 0.5) is 0 Å². The smallest absolute Gasteiger partial charge is 0.117 e. The molecule has 0 aromatic heterocycles. The van der Waals surface area contributed by atoms with Crippen LogP contribution in [0.15, 0.2) is 71.9 Å². The van der Waals surface area contributed by atoms with Crippen LogP contribution in [0.3, 0.4) is 0 Å². The van der Waals surface area contributed by atoms with E-state index in [0.29, 0.717) is 5.71 Å². The Morgan fingerprint density at radius 2 is 1.57 bits per heavy atom. The summed E-state index contributed by atoms with van der Waals surface area (Å²) in [4.78, 5) is 0. The second kappa shape index (κ2) is 5.77. The molecule has 3 aromatic carbocycles. The first-order valence-corrected chi connectivity index (χ1v) is 6.74. The fourth-order valence-electron chi connectivity index (χ4n) is 2.47. The fourth-order valence-corrected chi connectivity index (χ4v) is 2.47. The minimum Gasteiger partial charge on any atom is -0.410 e. The van der Waals surface area contributed by atoms with Crippen LogP contribution in [-0.2, 0) is 6.61 Å². The van der Waals surface area contributed by atoms with Crippen molar-refractivity contribution in [1.82, 2.24) is 0 Å². The fraction of sp³-hybridized carbons (Fsp3) is 0.0556. The molecule has 0 aliphatic heterocycles. The predicted octanol–water partition coefficient (Wildman–Crippen LogP) is 3.56. The summed E-state index contributed by atoms with van der Waals surface area (Å²) in [5.41, 5.74) is 3.05. The highest BCUT2D eigenvalue weighted by Crippen LogP contribution is 2.22. The van der Waals surface area contributed by atoms with Crippen molar-refractivity contribution in [2.75, 3.05) is 0 Å². The predicted molar refractivity (Wildman–Crippen MR) is 83.7 cm³/mol. The van der Waals surface area contributed by atoms with Crippen LogP contribution >= 0.6 is 0 Å². The van der Waals surface area contributed by atoms with Crippen molar-refractivity contribution in [2.24, 2.45) is 5.16 Å². The Bertz CT molecular complexity index is 786.